The zero-order valence-electron chi connectivity index (χ0n) is 13.6. The van der Waals surface area contributed by atoms with Gasteiger partial charge in [-0.25, -0.2) is 4.68 Å². The van der Waals surface area contributed by atoms with Crippen LogP contribution in [-0.2, 0) is 13.1 Å². The molecule has 0 fully saturated rings. The first-order chi connectivity index (χ1) is 10.6. The van der Waals surface area contributed by atoms with Crippen molar-refractivity contribution in [3.8, 4) is 17.0 Å². The molecule has 1 heterocycles. The number of ether oxygens (including phenoxy) is 1. The smallest absolute Gasteiger partial charge is 0.271 e. The summed E-state index contributed by atoms with van der Waals surface area (Å²) in [5, 5.41) is 7.74. The molecule has 5 heteroatoms. The maximum atomic E-state index is 12.4. The van der Waals surface area contributed by atoms with E-state index in [2.05, 4.69) is 24.3 Å². The Bertz CT molecular complexity index is 693. The predicted molar refractivity (Wildman–Crippen MR) is 88.1 cm³/mol. The van der Waals surface area contributed by atoms with Gasteiger partial charge in [-0.3, -0.25) is 4.79 Å². The Morgan fingerprint density at radius 1 is 1.32 bits per heavy atom. The second kappa shape index (κ2) is 7.22. The molecule has 0 aliphatic heterocycles. The number of aryl methyl sites for hydroxylation is 1. The van der Waals surface area contributed by atoms with E-state index in [0.29, 0.717) is 24.7 Å². The minimum atomic E-state index is -0.0469. The molecule has 0 spiro atoms. The Balaban J connectivity index is 2.52. The van der Waals surface area contributed by atoms with Crippen LogP contribution >= 0.6 is 0 Å². The molecule has 118 valence electrons. The lowest BCUT2D eigenvalue weighted by Crippen LogP contribution is -2.31. The molecular formula is C17H23N3O2. The number of nitrogens with zero attached hydrogens (tertiary/aromatic N) is 2. The predicted octanol–water partition coefficient (Wildman–Crippen LogP) is 2.44. The number of nitrogens with one attached hydrogen (secondary N) is 1. The van der Waals surface area contributed by atoms with Crippen LogP contribution in [0.1, 0.15) is 26.3 Å². The van der Waals surface area contributed by atoms with Crippen LogP contribution in [-0.4, -0.2) is 22.9 Å². The Kier molecular flexibility index (Phi) is 5.33. The van der Waals surface area contributed by atoms with Crippen molar-refractivity contribution >= 4 is 0 Å². The molecule has 0 aliphatic carbocycles. The molecule has 0 bridgehead atoms. The largest absolute Gasteiger partial charge is 0.496 e. The van der Waals surface area contributed by atoms with Gasteiger partial charge in [-0.2, -0.15) is 5.10 Å². The van der Waals surface area contributed by atoms with Gasteiger partial charge in [0.15, 0.2) is 0 Å². The second-order valence-electron chi connectivity index (χ2n) is 5.41. The Hall–Kier alpha value is -2.14. The molecule has 0 radical (unpaired) electrons. The van der Waals surface area contributed by atoms with Crippen LogP contribution in [0.4, 0.5) is 0 Å². The normalized spacial score (nSPS) is 11.0. The van der Waals surface area contributed by atoms with E-state index in [1.165, 1.54) is 4.68 Å². The van der Waals surface area contributed by atoms with E-state index in [-0.39, 0.29) is 5.56 Å². The Labute approximate surface area is 130 Å². The van der Waals surface area contributed by atoms with Gasteiger partial charge < -0.3 is 10.1 Å². The van der Waals surface area contributed by atoms with Crippen LogP contribution in [0.3, 0.4) is 0 Å². The zero-order chi connectivity index (χ0) is 16.1. The fourth-order valence-corrected chi connectivity index (χ4v) is 2.24. The molecule has 1 aromatic carbocycles. The van der Waals surface area contributed by atoms with Crippen LogP contribution in [0.25, 0.3) is 11.3 Å². The number of hydrogen-bond donors (Lipinski definition) is 1. The molecule has 1 aromatic heterocycles. The van der Waals surface area contributed by atoms with E-state index in [0.717, 1.165) is 17.0 Å². The highest BCUT2D eigenvalue weighted by atomic mass is 16.5. The minimum Gasteiger partial charge on any atom is -0.496 e. The van der Waals surface area contributed by atoms with Crippen LogP contribution in [0.15, 0.2) is 35.1 Å². The molecule has 0 unspecified atom stereocenters. The summed E-state index contributed by atoms with van der Waals surface area (Å²) in [6, 6.07) is 9.86. The van der Waals surface area contributed by atoms with Crippen molar-refractivity contribution in [2.75, 3.05) is 7.11 Å². The molecule has 0 aliphatic rings. The van der Waals surface area contributed by atoms with Crippen LogP contribution in [0, 0.1) is 0 Å². The van der Waals surface area contributed by atoms with Gasteiger partial charge in [0.05, 0.1) is 12.8 Å². The van der Waals surface area contributed by atoms with Crippen molar-refractivity contribution in [2.24, 2.45) is 0 Å². The van der Waals surface area contributed by atoms with Gasteiger partial charge in [0.1, 0.15) is 5.75 Å². The van der Waals surface area contributed by atoms with Gasteiger partial charge in [-0.15, -0.1) is 0 Å². The van der Waals surface area contributed by atoms with Gasteiger partial charge in [0.2, 0.25) is 0 Å². The van der Waals surface area contributed by atoms with E-state index in [4.69, 9.17) is 4.74 Å². The van der Waals surface area contributed by atoms with Crippen LogP contribution in [0.2, 0.25) is 0 Å². The van der Waals surface area contributed by atoms with Gasteiger partial charge in [0.25, 0.3) is 5.56 Å². The molecule has 0 saturated carbocycles. The fourth-order valence-electron chi connectivity index (χ4n) is 2.24. The lowest BCUT2D eigenvalue weighted by Gasteiger charge is -2.13. The molecule has 2 aromatic rings. The van der Waals surface area contributed by atoms with Crippen molar-refractivity contribution in [3.05, 3.63) is 46.2 Å². The first-order valence-corrected chi connectivity index (χ1v) is 7.54. The fraction of sp³-hybridized carbons (Fsp3) is 0.412. The molecule has 5 nitrogen and oxygen atoms in total. The van der Waals surface area contributed by atoms with Gasteiger partial charge in [-0.1, -0.05) is 26.0 Å². The summed E-state index contributed by atoms with van der Waals surface area (Å²) in [4.78, 5) is 12.4. The number of para-hydroxylation sites is 1. The van der Waals surface area contributed by atoms with Crippen molar-refractivity contribution in [1.82, 2.24) is 15.1 Å². The highest BCUT2D eigenvalue weighted by Crippen LogP contribution is 2.27. The number of benzene rings is 1. The number of methoxy groups -OCH3 is 1. The minimum absolute atomic E-state index is 0.0469. The second-order valence-corrected chi connectivity index (χ2v) is 5.41. The maximum absolute atomic E-state index is 12.4. The van der Waals surface area contributed by atoms with E-state index < -0.39 is 0 Å². The lowest BCUT2D eigenvalue weighted by molar-refractivity contribution is 0.416. The summed E-state index contributed by atoms with van der Waals surface area (Å²) in [6.45, 7) is 7.10. The molecule has 0 amide bonds. The monoisotopic (exact) mass is 301 g/mol. The summed E-state index contributed by atoms with van der Waals surface area (Å²) in [5.74, 6) is 0.749. The first kappa shape index (κ1) is 16.2. The van der Waals surface area contributed by atoms with Crippen LogP contribution < -0.4 is 15.6 Å². The zero-order valence-corrected chi connectivity index (χ0v) is 13.6. The molecule has 0 saturated heterocycles. The number of aromatic nitrogens is 2. The average molecular weight is 301 g/mol. The SMILES string of the molecule is CCn1nc(-c2ccccc2OC)cc(CNC(C)C)c1=O. The lowest BCUT2D eigenvalue weighted by atomic mass is 10.1. The first-order valence-electron chi connectivity index (χ1n) is 7.54. The van der Waals surface area contributed by atoms with Gasteiger partial charge in [0, 0.05) is 30.3 Å². The average Bonchev–Trinajstić information content (AvgIpc) is 2.53. The summed E-state index contributed by atoms with van der Waals surface area (Å²) in [5.41, 5.74) is 2.30. The van der Waals surface area contributed by atoms with E-state index in [1.807, 2.05) is 37.3 Å². The Morgan fingerprint density at radius 2 is 2.05 bits per heavy atom. The molecular weight excluding hydrogens is 278 g/mol. The summed E-state index contributed by atoms with van der Waals surface area (Å²) < 4.78 is 6.90. The van der Waals surface area contributed by atoms with Crippen molar-refractivity contribution < 1.29 is 4.74 Å². The Morgan fingerprint density at radius 3 is 2.68 bits per heavy atom. The maximum Gasteiger partial charge on any atom is 0.271 e. The highest BCUT2D eigenvalue weighted by molar-refractivity contribution is 5.67. The third-order valence-corrected chi connectivity index (χ3v) is 3.43. The van der Waals surface area contributed by atoms with Crippen molar-refractivity contribution in [3.63, 3.8) is 0 Å². The summed E-state index contributed by atoms with van der Waals surface area (Å²) in [6.07, 6.45) is 0. The van der Waals surface area contributed by atoms with Crippen molar-refractivity contribution in [1.29, 1.82) is 0 Å². The van der Waals surface area contributed by atoms with Crippen molar-refractivity contribution in [2.45, 2.75) is 39.9 Å². The molecule has 1 N–H and O–H groups in total. The molecule has 22 heavy (non-hydrogen) atoms. The molecule has 2 rings (SSSR count). The van der Waals surface area contributed by atoms with Gasteiger partial charge in [-0.05, 0) is 25.1 Å². The van der Waals surface area contributed by atoms with E-state index >= 15 is 0 Å². The summed E-state index contributed by atoms with van der Waals surface area (Å²) in [7, 11) is 1.63. The molecule has 0 atom stereocenters. The highest BCUT2D eigenvalue weighted by Gasteiger charge is 2.12. The quantitative estimate of drug-likeness (QED) is 0.890. The van der Waals surface area contributed by atoms with Gasteiger partial charge >= 0.3 is 0 Å². The van der Waals surface area contributed by atoms with E-state index in [9.17, 15) is 4.79 Å². The van der Waals surface area contributed by atoms with Crippen LogP contribution in [0.5, 0.6) is 5.75 Å². The number of rotatable bonds is 6. The topological polar surface area (TPSA) is 56.1 Å². The third kappa shape index (κ3) is 3.54. The third-order valence-electron chi connectivity index (χ3n) is 3.43. The summed E-state index contributed by atoms with van der Waals surface area (Å²) >= 11 is 0. The number of hydrogen-bond acceptors (Lipinski definition) is 4. The van der Waals surface area contributed by atoms with E-state index in [1.54, 1.807) is 7.11 Å². The standard InChI is InChI=1S/C17H23N3O2/c1-5-20-17(21)13(11-18-12(2)3)10-15(19-20)14-8-6-7-9-16(14)22-4/h6-10,12,18H,5,11H2,1-4H3.